The van der Waals surface area contributed by atoms with E-state index in [1.807, 2.05) is 19.9 Å². The Morgan fingerprint density at radius 1 is 1.38 bits per heavy atom. The van der Waals surface area contributed by atoms with Gasteiger partial charge in [0.1, 0.15) is 6.29 Å². The molecular formula is C21H32O3. The monoisotopic (exact) mass is 332 g/mol. The molecule has 0 bridgehead atoms. The van der Waals surface area contributed by atoms with Crippen molar-refractivity contribution in [3.8, 4) is 0 Å². The number of aldehydes is 1. The molecule has 0 aromatic carbocycles. The summed E-state index contributed by atoms with van der Waals surface area (Å²) in [6.07, 6.45) is 13.5. The molecule has 24 heavy (non-hydrogen) atoms. The van der Waals surface area contributed by atoms with E-state index in [1.165, 1.54) is 5.57 Å². The van der Waals surface area contributed by atoms with E-state index in [2.05, 4.69) is 26.0 Å². The zero-order valence-corrected chi connectivity index (χ0v) is 15.6. The van der Waals surface area contributed by atoms with Crippen LogP contribution in [0.2, 0.25) is 0 Å². The second kappa shape index (κ2) is 7.79. The van der Waals surface area contributed by atoms with Crippen LogP contribution in [0, 0.1) is 0 Å². The number of carbonyl (C=O) groups is 1. The van der Waals surface area contributed by atoms with Crippen molar-refractivity contribution in [2.24, 2.45) is 0 Å². The van der Waals surface area contributed by atoms with Crippen LogP contribution < -0.4 is 0 Å². The topological polar surface area (TPSA) is 49.8 Å². The number of rotatable bonds is 3. The van der Waals surface area contributed by atoms with Gasteiger partial charge in [-0.05, 0) is 76.9 Å². The van der Waals surface area contributed by atoms with E-state index in [0.717, 1.165) is 43.1 Å². The van der Waals surface area contributed by atoms with Crippen molar-refractivity contribution >= 4 is 6.29 Å². The molecule has 1 heterocycles. The maximum absolute atomic E-state index is 11.4. The van der Waals surface area contributed by atoms with Gasteiger partial charge >= 0.3 is 0 Å². The number of allylic oxidation sites excluding steroid dienone is 5. The molecule has 1 aliphatic carbocycles. The normalized spacial score (nSPS) is 35.9. The van der Waals surface area contributed by atoms with Crippen LogP contribution in [0.25, 0.3) is 0 Å². The van der Waals surface area contributed by atoms with E-state index >= 15 is 0 Å². The van der Waals surface area contributed by atoms with Gasteiger partial charge in [-0.2, -0.15) is 0 Å². The van der Waals surface area contributed by atoms with Gasteiger partial charge in [-0.15, -0.1) is 0 Å². The van der Waals surface area contributed by atoms with Crippen LogP contribution in [-0.4, -0.2) is 28.7 Å². The highest BCUT2D eigenvalue weighted by Gasteiger charge is 2.50. The quantitative estimate of drug-likeness (QED) is 0.604. The second-order valence-corrected chi connectivity index (χ2v) is 7.73. The van der Waals surface area contributed by atoms with E-state index in [4.69, 9.17) is 4.74 Å². The summed E-state index contributed by atoms with van der Waals surface area (Å²) in [7, 11) is 0. The second-order valence-electron chi connectivity index (χ2n) is 7.73. The standard InChI is InChI=1S/C21H32O3/c1-5-20(3,23)18-11-8-16(2)9-13-19-21(4,24-19)14-6-7-17(15-22)10-12-18/h7-8,11,15,19,23H,5-6,9-10,12-14H2,1-4H3/b16-8+,17-7-,18-11?. The minimum absolute atomic E-state index is 0.0121. The smallest absolute Gasteiger partial charge is 0.145 e. The first-order valence-corrected chi connectivity index (χ1v) is 9.22. The molecule has 2 rings (SSSR count). The van der Waals surface area contributed by atoms with Crippen LogP contribution in [-0.2, 0) is 9.53 Å². The van der Waals surface area contributed by atoms with E-state index in [9.17, 15) is 9.90 Å². The first-order valence-electron chi connectivity index (χ1n) is 9.22. The Labute approximate surface area is 146 Å². The minimum atomic E-state index is -0.819. The van der Waals surface area contributed by atoms with Gasteiger partial charge in [-0.1, -0.05) is 30.7 Å². The average molecular weight is 332 g/mol. The molecule has 134 valence electrons. The number of ether oxygens (including phenoxy) is 1. The van der Waals surface area contributed by atoms with Crippen molar-refractivity contribution in [3.05, 3.63) is 34.9 Å². The summed E-state index contributed by atoms with van der Waals surface area (Å²) in [6.45, 7) is 8.16. The predicted molar refractivity (Wildman–Crippen MR) is 97.9 cm³/mol. The maximum atomic E-state index is 11.4. The van der Waals surface area contributed by atoms with Gasteiger partial charge in [0.2, 0.25) is 0 Å². The summed E-state index contributed by atoms with van der Waals surface area (Å²) in [5, 5.41) is 10.7. The SMILES string of the molecule is CCC(C)(O)C1=C/C=C(\C)CCC2OC2(C)CC/C=C(\C=O)CC1. The third-order valence-corrected chi connectivity index (χ3v) is 5.67. The zero-order valence-electron chi connectivity index (χ0n) is 15.6. The fourth-order valence-corrected chi connectivity index (χ4v) is 3.35. The number of hydrogen-bond acceptors (Lipinski definition) is 3. The lowest BCUT2D eigenvalue weighted by Gasteiger charge is -2.25. The van der Waals surface area contributed by atoms with Crippen molar-refractivity contribution in [2.75, 3.05) is 0 Å². The Morgan fingerprint density at radius 3 is 2.79 bits per heavy atom. The van der Waals surface area contributed by atoms with E-state index in [0.29, 0.717) is 25.4 Å². The molecule has 3 atom stereocenters. The molecule has 0 saturated carbocycles. The first-order chi connectivity index (χ1) is 11.3. The van der Waals surface area contributed by atoms with Gasteiger partial charge in [0.25, 0.3) is 0 Å². The van der Waals surface area contributed by atoms with Crippen molar-refractivity contribution < 1.29 is 14.6 Å². The van der Waals surface area contributed by atoms with Crippen LogP contribution in [0.15, 0.2) is 34.9 Å². The number of epoxide rings is 1. The Kier molecular flexibility index (Phi) is 6.22. The van der Waals surface area contributed by atoms with Gasteiger partial charge in [0.05, 0.1) is 17.3 Å². The largest absolute Gasteiger partial charge is 0.386 e. The summed E-state index contributed by atoms with van der Waals surface area (Å²) in [6, 6.07) is 0. The predicted octanol–water partition coefficient (Wildman–Crippen LogP) is 4.66. The molecule has 3 nitrogen and oxygen atoms in total. The summed E-state index contributed by atoms with van der Waals surface area (Å²) in [5.41, 5.74) is 2.30. The molecule has 3 heteroatoms. The molecular weight excluding hydrogens is 300 g/mol. The number of aliphatic hydroxyl groups is 1. The minimum Gasteiger partial charge on any atom is -0.386 e. The summed E-state index contributed by atoms with van der Waals surface area (Å²) >= 11 is 0. The summed E-state index contributed by atoms with van der Waals surface area (Å²) in [5.74, 6) is 0. The molecule has 0 spiro atoms. The Balaban J connectivity index is 2.23. The number of carbonyl (C=O) groups excluding carboxylic acids is 1. The Bertz CT molecular complexity index is 553. The molecule has 1 N–H and O–H groups in total. The molecule has 0 aromatic rings. The van der Waals surface area contributed by atoms with Crippen molar-refractivity contribution in [3.63, 3.8) is 0 Å². The molecule has 2 aliphatic rings. The lowest BCUT2D eigenvalue weighted by molar-refractivity contribution is -0.105. The van der Waals surface area contributed by atoms with E-state index in [-0.39, 0.29) is 5.60 Å². The fraction of sp³-hybridized carbons (Fsp3) is 0.667. The zero-order chi connectivity index (χ0) is 17.8. The highest BCUT2D eigenvalue weighted by Crippen LogP contribution is 2.43. The van der Waals surface area contributed by atoms with E-state index < -0.39 is 5.60 Å². The summed E-state index contributed by atoms with van der Waals surface area (Å²) < 4.78 is 5.89. The van der Waals surface area contributed by atoms with Gasteiger partial charge in [-0.25, -0.2) is 0 Å². The van der Waals surface area contributed by atoms with Gasteiger partial charge < -0.3 is 9.84 Å². The number of fused-ring (bicyclic) bond motifs is 1. The van der Waals surface area contributed by atoms with Crippen LogP contribution in [0.1, 0.15) is 72.6 Å². The van der Waals surface area contributed by atoms with Crippen molar-refractivity contribution in [1.82, 2.24) is 0 Å². The molecule has 1 aliphatic heterocycles. The lowest BCUT2D eigenvalue weighted by Crippen LogP contribution is -2.26. The third-order valence-electron chi connectivity index (χ3n) is 5.67. The molecule has 3 unspecified atom stereocenters. The van der Waals surface area contributed by atoms with Crippen LogP contribution >= 0.6 is 0 Å². The maximum Gasteiger partial charge on any atom is 0.145 e. The lowest BCUT2D eigenvalue weighted by atomic mass is 9.87. The van der Waals surface area contributed by atoms with E-state index in [1.54, 1.807) is 0 Å². The third kappa shape index (κ3) is 4.90. The number of hydrogen-bond donors (Lipinski definition) is 1. The van der Waals surface area contributed by atoms with Gasteiger partial charge in [0, 0.05) is 0 Å². The van der Waals surface area contributed by atoms with Crippen LogP contribution in [0.4, 0.5) is 0 Å². The van der Waals surface area contributed by atoms with Crippen molar-refractivity contribution in [2.45, 2.75) is 89.9 Å². The molecule has 0 radical (unpaired) electrons. The van der Waals surface area contributed by atoms with Gasteiger partial charge in [0.15, 0.2) is 0 Å². The van der Waals surface area contributed by atoms with Crippen LogP contribution in [0.5, 0.6) is 0 Å². The Hall–Kier alpha value is -1.19. The first kappa shape index (κ1) is 19.1. The molecule has 0 amide bonds. The van der Waals surface area contributed by atoms with Crippen molar-refractivity contribution in [1.29, 1.82) is 0 Å². The molecule has 0 aromatic heterocycles. The van der Waals surface area contributed by atoms with Gasteiger partial charge in [-0.3, -0.25) is 4.79 Å². The molecule has 1 fully saturated rings. The Morgan fingerprint density at radius 2 is 2.12 bits per heavy atom. The summed E-state index contributed by atoms with van der Waals surface area (Å²) in [4.78, 5) is 11.4. The highest BCUT2D eigenvalue weighted by atomic mass is 16.6. The fourth-order valence-electron chi connectivity index (χ4n) is 3.35. The average Bonchev–Trinajstić information content (AvgIpc) is 3.20. The highest BCUT2D eigenvalue weighted by molar-refractivity contribution is 5.73. The van der Waals surface area contributed by atoms with Crippen LogP contribution in [0.3, 0.4) is 0 Å². The molecule has 1 saturated heterocycles.